The molecule has 0 aliphatic heterocycles. The lowest BCUT2D eigenvalue weighted by atomic mass is 10.1. The SMILES string of the molecule is CC[C@H](NC(=O)O)C(=O)OC(C)(C)C. The predicted molar refractivity (Wildman–Crippen MR) is 51.1 cm³/mol. The summed E-state index contributed by atoms with van der Waals surface area (Å²) in [5.41, 5.74) is -0.593. The van der Waals surface area contributed by atoms with Crippen LogP contribution in [0.1, 0.15) is 34.1 Å². The van der Waals surface area contributed by atoms with Gasteiger partial charge in [0.1, 0.15) is 11.6 Å². The number of carboxylic acid groups (broad SMARTS) is 1. The summed E-state index contributed by atoms with van der Waals surface area (Å²) in [6.07, 6.45) is -0.844. The first-order valence-electron chi connectivity index (χ1n) is 4.48. The topological polar surface area (TPSA) is 75.6 Å². The molecule has 0 unspecified atom stereocenters. The molecule has 0 radical (unpaired) electrons. The van der Waals surface area contributed by atoms with Crippen molar-refractivity contribution in [3.8, 4) is 0 Å². The van der Waals surface area contributed by atoms with E-state index in [2.05, 4.69) is 5.32 Å². The van der Waals surface area contributed by atoms with E-state index in [1.807, 2.05) is 0 Å². The smallest absolute Gasteiger partial charge is 0.405 e. The number of rotatable bonds is 3. The van der Waals surface area contributed by atoms with E-state index in [9.17, 15) is 9.59 Å². The van der Waals surface area contributed by atoms with Crippen LogP contribution in [-0.2, 0) is 9.53 Å². The van der Waals surface area contributed by atoms with E-state index in [1.165, 1.54) is 0 Å². The van der Waals surface area contributed by atoms with Crippen LogP contribution >= 0.6 is 0 Å². The molecule has 0 aromatic rings. The van der Waals surface area contributed by atoms with Crippen LogP contribution in [0.5, 0.6) is 0 Å². The van der Waals surface area contributed by atoms with Crippen molar-refractivity contribution in [3.63, 3.8) is 0 Å². The lowest BCUT2D eigenvalue weighted by Gasteiger charge is -2.23. The molecule has 0 fully saturated rings. The Labute approximate surface area is 83.4 Å². The average molecular weight is 203 g/mol. The molecule has 0 aliphatic carbocycles. The van der Waals surface area contributed by atoms with E-state index in [0.29, 0.717) is 6.42 Å². The molecule has 5 nitrogen and oxygen atoms in total. The molecular formula is C9H17NO4. The summed E-state index contributed by atoms with van der Waals surface area (Å²) in [6, 6.07) is -0.785. The molecule has 82 valence electrons. The summed E-state index contributed by atoms with van der Waals surface area (Å²) >= 11 is 0. The fraction of sp³-hybridized carbons (Fsp3) is 0.778. The number of amides is 1. The highest BCUT2D eigenvalue weighted by Gasteiger charge is 2.24. The first kappa shape index (κ1) is 12.7. The van der Waals surface area contributed by atoms with E-state index >= 15 is 0 Å². The normalized spacial score (nSPS) is 13.1. The molecule has 0 heterocycles. The van der Waals surface area contributed by atoms with Gasteiger partial charge in [0.15, 0.2) is 0 Å². The fourth-order valence-electron chi connectivity index (χ4n) is 0.850. The van der Waals surface area contributed by atoms with Crippen molar-refractivity contribution < 1.29 is 19.4 Å². The van der Waals surface area contributed by atoms with Crippen LogP contribution in [0.15, 0.2) is 0 Å². The number of nitrogens with one attached hydrogen (secondary N) is 1. The van der Waals surface area contributed by atoms with E-state index < -0.39 is 23.7 Å². The maximum Gasteiger partial charge on any atom is 0.405 e. The molecule has 14 heavy (non-hydrogen) atoms. The number of ether oxygens (including phenoxy) is 1. The zero-order valence-electron chi connectivity index (χ0n) is 8.96. The fourth-order valence-corrected chi connectivity index (χ4v) is 0.850. The Kier molecular flexibility index (Phi) is 4.40. The van der Waals surface area contributed by atoms with E-state index in [0.717, 1.165) is 0 Å². The Hall–Kier alpha value is -1.26. The number of hydrogen-bond acceptors (Lipinski definition) is 3. The van der Waals surface area contributed by atoms with Crippen molar-refractivity contribution in [2.75, 3.05) is 0 Å². The minimum absolute atomic E-state index is 0.376. The van der Waals surface area contributed by atoms with Crippen molar-refractivity contribution in [1.29, 1.82) is 0 Å². The van der Waals surface area contributed by atoms with Crippen molar-refractivity contribution in [2.45, 2.75) is 45.8 Å². The molecule has 0 saturated heterocycles. The van der Waals surface area contributed by atoms with Crippen molar-refractivity contribution >= 4 is 12.1 Å². The summed E-state index contributed by atoms with van der Waals surface area (Å²) in [7, 11) is 0. The van der Waals surface area contributed by atoms with Crippen molar-refractivity contribution in [1.82, 2.24) is 5.32 Å². The van der Waals surface area contributed by atoms with Crippen molar-refractivity contribution in [2.24, 2.45) is 0 Å². The number of carbonyl (C=O) groups excluding carboxylic acids is 1. The number of hydrogen-bond donors (Lipinski definition) is 2. The van der Waals surface area contributed by atoms with Gasteiger partial charge in [0.25, 0.3) is 0 Å². The molecule has 2 N–H and O–H groups in total. The van der Waals surface area contributed by atoms with Crippen molar-refractivity contribution in [3.05, 3.63) is 0 Å². The maximum absolute atomic E-state index is 11.4. The lowest BCUT2D eigenvalue weighted by molar-refractivity contribution is -0.157. The third kappa shape index (κ3) is 5.40. The zero-order chi connectivity index (χ0) is 11.4. The van der Waals surface area contributed by atoms with E-state index in [1.54, 1.807) is 27.7 Å². The summed E-state index contributed by atoms with van der Waals surface area (Å²) in [4.78, 5) is 21.7. The molecule has 0 aliphatic rings. The van der Waals surface area contributed by atoms with E-state index in [-0.39, 0.29) is 0 Å². The first-order valence-corrected chi connectivity index (χ1v) is 4.48. The van der Waals surface area contributed by atoms with Gasteiger partial charge in [0.2, 0.25) is 0 Å². The van der Waals surface area contributed by atoms with Crippen LogP contribution in [0.25, 0.3) is 0 Å². The number of esters is 1. The second-order valence-electron chi connectivity index (χ2n) is 3.94. The van der Waals surface area contributed by atoms with E-state index in [4.69, 9.17) is 9.84 Å². The molecule has 0 bridgehead atoms. The van der Waals surface area contributed by atoms with Gasteiger partial charge in [-0.05, 0) is 27.2 Å². The first-order chi connectivity index (χ1) is 6.26. The highest BCUT2D eigenvalue weighted by atomic mass is 16.6. The standard InChI is InChI=1S/C9H17NO4/c1-5-6(10-8(12)13)7(11)14-9(2,3)4/h6,10H,5H2,1-4H3,(H,12,13)/t6-/m0/s1. The maximum atomic E-state index is 11.4. The Morgan fingerprint density at radius 1 is 1.43 bits per heavy atom. The Morgan fingerprint density at radius 3 is 2.21 bits per heavy atom. The molecule has 5 heteroatoms. The summed E-state index contributed by atoms with van der Waals surface area (Å²) < 4.78 is 5.03. The van der Waals surface area contributed by atoms with Crippen LogP contribution in [0.3, 0.4) is 0 Å². The molecule has 0 rings (SSSR count). The van der Waals surface area contributed by atoms with Gasteiger partial charge in [0, 0.05) is 0 Å². The predicted octanol–water partition coefficient (Wildman–Crippen LogP) is 1.37. The van der Waals surface area contributed by atoms with Gasteiger partial charge in [0.05, 0.1) is 0 Å². The highest BCUT2D eigenvalue weighted by molar-refractivity contribution is 5.80. The highest BCUT2D eigenvalue weighted by Crippen LogP contribution is 2.09. The van der Waals surface area contributed by atoms with Gasteiger partial charge in [-0.15, -0.1) is 0 Å². The van der Waals surface area contributed by atoms with Gasteiger partial charge >= 0.3 is 12.1 Å². The summed E-state index contributed by atoms with van der Waals surface area (Å²) in [5.74, 6) is -0.539. The van der Waals surface area contributed by atoms with Crippen LogP contribution in [0.2, 0.25) is 0 Å². The molecule has 1 amide bonds. The average Bonchev–Trinajstić information content (AvgIpc) is 1.96. The largest absolute Gasteiger partial charge is 0.465 e. The molecule has 0 aromatic carbocycles. The van der Waals surface area contributed by atoms with Gasteiger partial charge < -0.3 is 15.2 Å². The van der Waals surface area contributed by atoms with Gasteiger partial charge in [-0.3, -0.25) is 0 Å². The zero-order valence-corrected chi connectivity index (χ0v) is 8.96. The number of carbonyl (C=O) groups is 2. The lowest BCUT2D eigenvalue weighted by Crippen LogP contribution is -2.43. The Balaban J connectivity index is 4.25. The van der Waals surface area contributed by atoms with Crippen LogP contribution in [-0.4, -0.2) is 28.8 Å². The molecule has 0 spiro atoms. The second-order valence-corrected chi connectivity index (χ2v) is 3.94. The monoisotopic (exact) mass is 203 g/mol. The van der Waals surface area contributed by atoms with Crippen LogP contribution in [0, 0.1) is 0 Å². The summed E-state index contributed by atoms with van der Waals surface area (Å²) in [5, 5.41) is 10.5. The van der Waals surface area contributed by atoms with Gasteiger partial charge in [-0.25, -0.2) is 9.59 Å². The molecule has 0 saturated carbocycles. The quantitative estimate of drug-likeness (QED) is 0.679. The van der Waals surface area contributed by atoms with Gasteiger partial charge in [-0.1, -0.05) is 6.92 Å². The second kappa shape index (κ2) is 4.83. The van der Waals surface area contributed by atoms with Gasteiger partial charge in [-0.2, -0.15) is 0 Å². The molecule has 1 atom stereocenters. The third-order valence-corrected chi connectivity index (χ3v) is 1.40. The Bertz CT molecular complexity index is 219. The molecular weight excluding hydrogens is 186 g/mol. The third-order valence-electron chi connectivity index (χ3n) is 1.40. The molecule has 0 aromatic heterocycles. The van der Waals surface area contributed by atoms with Crippen LogP contribution < -0.4 is 5.32 Å². The summed E-state index contributed by atoms with van der Waals surface area (Å²) in [6.45, 7) is 6.92. The minimum Gasteiger partial charge on any atom is -0.465 e. The minimum atomic E-state index is -1.22. The Morgan fingerprint density at radius 2 is 1.93 bits per heavy atom. The van der Waals surface area contributed by atoms with Crippen LogP contribution in [0.4, 0.5) is 4.79 Å².